The first-order valence-electron chi connectivity index (χ1n) is 7.46. The Hall–Kier alpha value is -0.120. The first-order chi connectivity index (χ1) is 8.38. The van der Waals surface area contributed by atoms with E-state index in [-0.39, 0.29) is 0 Å². The summed E-state index contributed by atoms with van der Waals surface area (Å²) in [5.41, 5.74) is 0. The Kier molecular flexibility index (Phi) is 5.75. The molecule has 0 aliphatic carbocycles. The van der Waals surface area contributed by atoms with Crippen LogP contribution >= 0.6 is 0 Å². The number of nitrogens with one attached hydrogen (secondary N) is 1. The topological polar surface area (TPSA) is 24.5 Å². The molecule has 2 aliphatic rings. The molecule has 2 saturated heterocycles. The van der Waals surface area contributed by atoms with Gasteiger partial charge < -0.3 is 15.0 Å². The molecule has 3 nitrogen and oxygen atoms in total. The fourth-order valence-electron chi connectivity index (χ4n) is 2.93. The van der Waals surface area contributed by atoms with Crippen LogP contribution < -0.4 is 5.32 Å². The summed E-state index contributed by atoms with van der Waals surface area (Å²) < 4.78 is 5.70. The Morgan fingerprint density at radius 3 is 2.94 bits per heavy atom. The maximum absolute atomic E-state index is 5.70. The highest BCUT2D eigenvalue weighted by atomic mass is 16.5. The van der Waals surface area contributed by atoms with Gasteiger partial charge in [0.25, 0.3) is 0 Å². The van der Waals surface area contributed by atoms with E-state index >= 15 is 0 Å². The molecule has 1 N–H and O–H groups in total. The zero-order valence-corrected chi connectivity index (χ0v) is 11.3. The van der Waals surface area contributed by atoms with Crippen LogP contribution in [-0.2, 0) is 4.74 Å². The summed E-state index contributed by atoms with van der Waals surface area (Å²) in [5.74, 6) is 0. The van der Waals surface area contributed by atoms with Gasteiger partial charge in [0.15, 0.2) is 0 Å². The molecule has 2 rings (SSSR count). The lowest BCUT2D eigenvalue weighted by Gasteiger charge is -2.29. The van der Waals surface area contributed by atoms with Gasteiger partial charge in [-0.25, -0.2) is 0 Å². The molecule has 0 radical (unpaired) electrons. The van der Waals surface area contributed by atoms with Crippen molar-refractivity contribution in [1.82, 2.24) is 10.2 Å². The van der Waals surface area contributed by atoms with Crippen LogP contribution in [0.5, 0.6) is 0 Å². The first-order valence-corrected chi connectivity index (χ1v) is 7.46. The van der Waals surface area contributed by atoms with E-state index in [0.717, 1.165) is 12.6 Å². The van der Waals surface area contributed by atoms with E-state index in [1.54, 1.807) is 0 Å². The Labute approximate surface area is 106 Å². The molecule has 0 aromatic heterocycles. The lowest BCUT2D eigenvalue weighted by molar-refractivity contribution is 0.0900. The summed E-state index contributed by atoms with van der Waals surface area (Å²) in [4.78, 5) is 2.64. The van der Waals surface area contributed by atoms with Gasteiger partial charge in [0.1, 0.15) is 0 Å². The predicted molar refractivity (Wildman–Crippen MR) is 71.3 cm³/mol. The average Bonchev–Trinajstić information content (AvgIpc) is 2.81. The van der Waals surface area contributed by atoms with Gasteiger partial charge in [-0.3, -0.25) is 0 Å². The number of nitrogens with zero attached hydrogens (tertiary/aromatic N) is 1. The van der Waals surface area contributed by atoms with Crippen molar-refractivity contribution >= 4 is 0 Å². The lowest BCUT2D eigenvalue weighted by atomic mass is 10.1. The van der Waals surface area contributed by atoms with E-state index in [0.29, 0.717) is 6.10 Å². The summed E-state index contributed by atoms with van der Waals surface area (Å²) in [6.07, 6.45) is 8.22. The molecule has 0 saturated carbocycles. The average molecular weight is 240 g/mol. The molecule has 2 atom stereocenters. The van der Waals surface area contributed by atoms with Gasteiger partial charge >= 0.3 is 0 Å². The van der Waals surface area contributed by atoms with Crippen LogP contribution in [0.4, 0.5) is 0 Å². The molecule has 2 unspecified atom stereocenters. The smallest absolute Gasteiger partial charge is 0.0588 e. The van der Waals surface area contributed by atoms with Gasteiger partial charge in [0.05, 0.1) is 6.10 Å². The summed E-state index contributed by atoms with van der Waals surface area (Å²) in [5, 5.41) is 3.64. The summed E-state index contributed by atoms with van der Waals surface area (Å²) in [6, 6.07) is 0.737. The zero-order valence-electron chi connectivity index (χ0n) is 11.3. The fourth-order valence-corrected chi connectivity index (χ4v) is 2.93. The molecule has 17 heavy (non-hydrogen) atoms. The monoisotopic (exact) mass is 240 g/mol. The van der Waals surface area contributed by atoms with Gasteiger partial charge in [-0.1, -0.05) is 6.92 Å². The quantitative estimate of drug-likeness (QED) is 0.813. The number of rotatable bonds is 4. The van der Waals surface area contributed by atoms with Crippen LogP contribution in [-0.4, -0.2) is 49.8 Å². The van der Waals surface area contributed by atoms with Crippen LogP contribution in [0.2, 0.25) is 0 Å². The van der Waals surface area contributed by atoms with Crippen molar-refractivity contribution in [2.45, 2.75) is 57.6 Å². The second-order valence-corrected chi connectivity index (χ2v) is 5.47. The standard InChI is InChI=1S/C14H28N2O/c1-2-13-6-10-16(9-4-8-15-13)11-7-14-5-3-12-17-14/h13-15H,2-12H2,1H3. The van der Waals surface area contributed by atoms with Crippen molar-refractivity contribution in [2.75, 3.05) is 32.8 Å². The molecule has 2 fully saturated rings. The van der Waals surface area contributed by atoms with E-state index in [4.69, 9.17) is 4.74 Å². The summed E-state index contributed by atoms with van der Waals surface area (Å²) >= 11 is 0. The van der Waals surface area contributed by atoms with Gasteiger partial charge in [-0.15, -0.1) is 0 Å². The largest absolute Gasteiger partial charge is 0.378 e. The SMILES string of the molecule is CCC1CCN(CCC2CCCO2)CCCN1. The third-order valence-electron chi connectivity index (χ3n) is 4.16. The van der Waals surface area contributed by atoms with E-state index in [1.807, 2.05) is 0 Å². The lowest BCUT2D eigenvalue weighted by Crippen LogP contribution is -2.40. The maximum atomic E-state index is 5.70. The number of hydrogen-bond acceptors (Lipinski definition) is 3. The Morgan fingerprint density at radius 1 is 1.24 bits per heavy atom. The fraction of sp³-hybridized carbons (Fsp3) is 1.00. The van der Waals surface area contributed by atoms with E-state index in [2.05, 4.69) is 17.1 Å². The van der Waals surface area contributed by atoms with Crippen molar-refractivity contribution in [3.05, 3.63) is 0 Å². The highest BCUT2D eigenvalue weighted by Crippen LogP contribution is 2.16. The summed E-state index contributed by atoms with van der Waals surface area (Å²) in [6.45, 7) is 8.23. The highest BCUT2D eigenvalue weighted by Gasteiger charge is 2.18. The molecular weight excluding hydrogens is 212 g/mol. The van der Waals surface area contributed by atoms with Gasteiger partial charge in [0, 0.05) is 19.2 Å². The maximum Gasteiger partial charge on any atom is 0.0588 e. The Bertz CT molecular complexity index is 204. The molecule has 100 valence electrons. The predicted octanol–water partition coefficient (Wildman–Crippen LogP) is 2.02. The molecule has 3 heteroatoms. The van der Waals surface area contributed by atoms with Gasteiger partial charge in [-0.2, -0.15) is 0 Å². The molecule has 2 aliphatic heterocycles. The zero-order chi connectivity index (χ0) is 11.9. The normalized spacial score (nSPS) is 32.3. The number of ether oxygens (including phenoxy) is 1. The van der Waals surface area contributed by atoms with Crippen molar-refractivity contribution in [2.24, 2.45) is 0 Å². The van der Waals surface area contributed by atoms with Crippen LogP contribution in [0.3, 0.4) is 0 Å². The molecule has 2 heterocycles. The van der Waals surface area contributed by atoms with E-state index in [9.17, 15) is 0 Å². The molecule has 0 bridgehead atoms. The van der Waals surface area contributed by atoms with Crippen LogP contribution in [0.1, 0.15) is 45.4 Å². The third-order valence-corrected chi connectivity index (χ3v) is 4.16. The molecule has 0 aromatic carbocycles. The van der Waals surface area contributed by atoms with Crippen LogP contribution in [0.25, 0.3) is 0 Å². The minimum absolute atomic E-state index is 0.556. The minimum atomic E-state index is 0.556. The minimum Gasteiger partial charge on any atom is -0.378 e. The van der Waals surface area contributed by atoms with E-state index < -0.39 is 0 Å². The van der Waals surface area contributed by atoms with Gasteiger partial charge in [-0.05, 0) is 58.2 Å². The second kappa shape index (κ2) is 7.34. The Morgan fingerprint density at radius 2 is 2.18 bits per heavy atom. The molecule has 0 aromatic rings. The van der Waals surface area contributed by atoms with Crippen LogP contribution in [0.15, 0.2) is 0 Å². The number of hydrogen-bond donors (Lipinski definition) is 1. The molecule has 0 amide bonds. The van der Waals surface area contributed by atoms with Crippen molar-refractivity contribution in [3.63, 3.8) is 0 Å². The Balaban J connectivity index is 1.67. The van der Waals surface area contributed by atoms with Crippen molar-refractivity contribution < 1.29 is 4.74 Å². The highest BCUT2D eigenvalue weighted by molar-refractivity contribution is 4.74. The van der Waals surface area contributed by atoms with Gasteiger partial charge in [0.2, 0.25) is 0 Å². The molecular formula is C14H28N2O. The van der Waals surface area contributed by atoms with Crippen molar-refractivity contribution in [3.8, 4) is 0 Å². The van der Waals surface area contributed by atoms with E-state index in [1.165, 1.54) is 64.7 Å². The third kappa shape index (κ3) is 4.57. The summed E-state index contributed by atoms with van der Waals surface area (Å²) in [7, 11) is 0. The van der Waals surface area contributed by atoms with Crippen LogP contribution in [0, 0.1) is 0 Å². The second-order valence-electron chi connectivity index (χ2n) is 5.47. The van der Waals surface area contributed by atoms with Crippen molar-refractivity contribution in [1.29, 1.82) is 0 Å². The molecule has 0 spiro atoms. The first kappa shape index (κ1) is 13.3.